The normalized spacial score (nSPS) is 21.5. The number of nitrogens with zero attached hydrogens (tertiary/aromatic N) is 7. The number of fused-ring (bicyclic) bond motifs is 3. The first kappa shape index (κ1) is 13.9. The van der Waals surface area contributed by atoms with E-state index in [9.17, 15) is 0 Å². The van der Waals surface area contributed by atoms with Gasteiger partial charge in [-0.15, -0.1) is 0 Å². The van der Waals surface area contributed by atoms with Crippen LogP contribution in [0.3, 0.4) is 0 Å². The monoisotopic (exact) mass is 292 g/mol. The molecule has 2 atom stereocenters. The van der Waals surface area contributed by atoms with E-state index in [2.05, 4.69) is 43.8 Å². The Bertz CT molecular complexity index is 805. The lowest BCUT2D eigenvalue weighted by molar-refractivity contribution is -0.550. The second-order valence-electron chi connectivity index (χ2n) is 5.12. The Morgan fingerprint density at radius 2 is 2.05 bits per heavy atom. The van der Waals surface area contributed by atoms with E-state index in [1.54, 1.807) is 0 Å². The summed E-state index contributed by atoms with van der Waals surface area (Å²) in [4.78, 5) is 5.69. The second-order valence-corrected chi connectivity index (χ2v) is 5.12. The fraction of sp³-hybridized carbons (Fsp3) is 0.267. The third-order valence-electron chi connectivity index (χ3n) is 3.99. The molecule has 1 aromatic carbocycles. The van der Waals surface area contributed by atoms with E-state index in [1.165, 1.54) is 5.56 Å². The molecule has 7 nitrogen and oxygen atoms in total. The topological polar surface area (TPSA) is 101 Å². The summed E-state index contributed by atoms with van der Waals surface area (Å²) in [5, 5.41) is 7.36. The van der Waals surface area contributed by atoms with Crippen molar-refractivity contribution in [3.63, 3.8) is 0 Å². The van der Waals surface area contributed by atoms with Gasteiger partial charge in [0, 0.05) is 26.8 Å². The van der Waals surface area contributed by atoms with E-state index in [-0.39, 0.29) is 12.0 Å². The zero-order valence-electron chi connectivity index (χ0n) is 12.0. The van der Waals surface area contributed by atoms with Crippen molar-refractivity contribution < 1.29 is 4.58 Å². The Balaban J connectivity index is 2.11. The predicted octanol–water partition coefficient (Wildman–Crippen LogP) is 4.31. The molecule has 1 aliphatic heterocycles. The molecule has 2 aliphatic rings. The Morgan fingerprint density at radius 3 is 2.77 bits per heavy atom. The molecule has 3 rings (SSSR count). The zero-order valence-corrected chi connectivity index (χ0v) is 12.0. The van der Waals surface area contributed by atoms with Crippen LogP contribution in [0.4, 0.5) is 5.69 Å². The van der Waals surface area contributed by atoms with Gasteiger partial charge >= 0.3 is 0 Å². The first-order valence-electron chi connectivity index (χ1n) is 7.01. The molecular formula is C15H14N7+. The van der Waals surface area contributed by atoms with Crippen LogP contribution in [-0.2, 0) is 0 Å². The lowest BCUT2D eigenvalue weighted by atomic mass is 9.82. The van der Waals surface area contributed by atoms with Gasteiger partial charge in [0.05, 0.1) is 5.92 Å². The average molecular weight is 292 g/mol. The molecule has 0 saturated heterocycles. The number of azide groups is 2. The van der Waals surface area contributed by atoms with Gasteiger partial charge in [-0.25, -0.2) is 4.58 Å². The molecular weight excluding hydrogens is 278 g/mol. The highest BCUT2D eigenvalue weighted by Crippen LogP contribution is 2.35. The van der Waals surface area contributed by atoms with Crippen molar-refractivity contribution in [2.75, 3.05) is 6.54 Å². The Labute approximate surface area is 127 Å². The van der Waals surface area contributed by atoms with Crippen molar-refractivity contribution in [1.29, 1.82) is 0 Å². The van der Waals surface area contributed by atoms with Gasteiger partial charge in [-0.2, -0.15) is 0 Å². The van der Waals surface area contributed by atoms with Crippen LogP contribution >= 0.6 is 0 Å². The van der Waals surface area contributed by atoms with Gasteiger partial charge in [-0.05, 0) is 35.7 Å². The van der Waals surface area contributed by atoms with E-state index in [0.29, 0.717) is 11.4 Å². The summed E-state index contributed by atoms with van der Waals surface area (Å²) < 4.78 is 2.20. The van der Waals surface area contributed by atoms with Gasteiger partial charge in [0.2, 0.25) is 0 Å². The largest absolute Gasteiger partial charge is 0.228 e. The van der Waals surface area contributed by atoms with Gasteiger partial charge in [-0.1, -0.05) is 34.5 Å². The van der Waals surface area contributed by atoms with Crippen molar-refractivity contribution in [2.24, 2.45) is 10.2 Å². The lowest BCUT2D eigenvalue weighted by Gasteiger charge is -2.28. The van der Waals surface area contributed by atoms with Gasteiger partial charge in [0.15, 0.2) is 12.3 Å². The Hall–Kier alpha value is -3.01. The zero-order chi connectivity index (χ0) is 15.5. The summed E-state index contributed by atoms with van der Waals surface area (Å²) in [6.07, 6.45) is 7.98. The highest BCUT2D eigenvalue weighted by Gasteiger charge is 2.35. The van der Waals surface area contributed by atoms with Gasteiger partial charge in [-0.3, -0.25) is 0 Å². The third kappa shape index (κ3) is 2.35. The summed E-state index contributed by atoms with van der Waals surface area (Å²) in [6.45, 7) is 2.91. The molecule has 0 fully saturated rings. The predicted molar refractivity (Wildman–Crippen MR) is 84.1 cm³/mol. The first-order valence-corrected chi connectivity index (χ1v) is 7.01. The number of hydrogen-bond acceptors (Lipinski definition) is 2. The molecule has 1 aromatic rings. The van der Waals surface area contributed by atoms with Crippen LogP contribution in [0.25, 0.3) is 20.9 Å². The van der Waals surface area contributed by atoms with Crippen LogP contribution in [0.2, 0.25) is 0 Å². The molecule has 0 N–H and O–H groups in total. The van der Waals surface area contributed by atoms with Crippen molar-refractivity contribution in [3.8, 4) is 0 Å². The minimum absolute atomic E-state index is 0.133. The fourth-order valence-corrected chi connectivity index (χ4v) is 3.02. The van der Waals surface area contributed by atoms with Crippen molar-refractivity contribution in [1.82, 2.24) is 0 Å². The lowest BCUT2D eigenvalue weighted by Crippen LogP contribution is -2.36. The van der Waals surface area contributed by atoms with Crippen molar-refractivity contribution in [2.45, 2.75) is 18.9 Å². The van der Waals surface area contributed by atoms with Crippen molar-refractivity contribution >= 4 is 11.9 Å². The highest BCUT2D eigenvalue weighted by molar-refractivity contribution is 5.82. The maximum Gasteiger partial charge on any atom is 0.182 e. The molecule has 0 amide bonds. The van der Waals surface area contributed by atoms with Crippen LogP contribution < -0.4 is 0 Å². The first-order chi connectivity index (χ1) is 10.8. The molecule has 0 spiro atoms. The summed E-state index contributed by atoms with van der Waals surface area (Å²) in [6, 6.07) is 5.85. The Kier molecular flexibility index (Phi) is 3.66. The van der Waals surface area contributed by atoms with Crippen LogP contribution in [0.15, 0.2) is 52.4 Å². The van der Waals surface area contributed by atoms with E-state index < -0.39 is 0 Å². The number of likely N-dealkylation sites (N-methyl/N-ethyl adjacent to an activating group) is 1. The van der Waals surface area contributed by atoms with E-state index in [0.717, 1.165) is 12.1 Å². The van der Waals surface area contributed by atoms with Crippen molar-refractivity contribution in [3.05, 3.63) is 74.1 Å². The van der Waals surface area contributed by atoms with Gasteiger partial charge in [0.25, 0.3) is 0 Å². The highest BCUT2D eigenvalue weighted by atomic mass is 15.1. The maximum absolute atomic E-state index is 8.60. The minimum Gasteiger partial charge on any atom is -0.228 e. The summed E-state index contributed by atoms with van der Waals surface area (Å²) in [5.74, 6) is 0.192. The van der Waals surface area contributed by atoms with Crippen LogP contribution in [0, 0.1) is 0 Å². The third-order valence-corrected chi connectivity index (χ3v) is 3.99. The number of benzene rings is 1. The number of allylic oxidation sites excluding steroid dienone is 1. The number of hydrogen-bond donors (Lipinski definition) is 0. The average Bonchev–Trinajstić information content (AvgIpc) is 2.54. The van der Waals surface area contributed by atoms with Gasteiger partial charge < -0.3 is 0 Å². The standard InChI is InChI=1S/C15H14N7/c1-2-22-9-10-7-11(18-20-16)3-5-13(10)14-6-4-12(19-21-17)8-15(14)22/h3-9,14-15H,2H2,1H3/q+1. The van der Waals surface area contributed by atoms with Crippen LogP contribution in [0.5, 0.6) is 0 Å². The number of rotatable bonds is 3. The molecule has 0 radical (unpaired) electrons. The molecule has 7 heteroatoms. The quantitative estimate of drug-likeness (QED) is 0.343. The summed E-state index contributed by atoms with van der Waals surface area (Å²) >= 11 is 0. The minimum atomic E-state index is 0.133. The molecule has 1 aliphatic carbocycles. The summed E-state index contributed by atoms with van der Waals surface area (Å²) in [5.41, 5.74) is 20.7. The maximum atomic E-state index is 8.60. The molecule has 2 unspecified atom stereocenters. The Morgan fingerprint density at radius 1 is 1.23 bits per heavy atom. The molecule has 22 heavy (non-hydrogen) atoms. The molecule has 0 saturated carbocycles. The smallest absolute Gasteiger partial charge is 0.182 e. The van der Waals surface area contributed by atoms with E-state index in [4.69, 9.17) is 11.1 Å². The fourth-order valence-electron chi connectivity index (χ4n) is 3.02. The van der Waals surface area contributed by atoms with Crippen LogP contribution in [-0.4, -0.2) is 23.4 Å². The second kappa shape index (κ2) is 5.77. The van der Waals surface area contributed by atoms with E-state index >= 15 is 0 Å². The molecule has 0 aromatic heterocycles. The van der Waals surface area contributed by atoms with E-state index in [1.807, 2.05) is 30.4 Å². The van der Waals surface area contributed by atoms with Gasteiger partial charge in [0.1, 0.15) is 6.54 Å². The molecule has 0 bridgehead atoms. The molecule has 108 valence electrons. The SMILES string of the molecule is CC[N+]1=Cc2cc(N=[N+]=[N-])ccc2C2C=CC(N=[N+]=[N-])=CC21. The van der Waals surface area contributed by atoms with Crippen LogP contribution in [0.1, 0.15) is 24.0 Å². The summed E-state index contributed by atoms with van der Waals surface area (Å²) in [7, 11) is 0. The molecule has 1 heterocycles.